The zero-order valence-electron chi connectivity index (χ0n) is 13.3. The van der Waals surface area contributed by atoms with Crippen molar-refractivity contribution in [3.05, 3.63) is 60.7 Å². The summed E-state index contributed by atoms with van der Waals surface area (Å²) in [4.78, 5) is 13.1. The predicted molar refractivity (Wildman–Crippen MR) is 104 cm³/mol. The van der Waals surface area contributed by atoms with E-state index >= 15 is 0 Å². The molecule has 3 N–H and O–H groups in total. The lowest BCUT2D eigenvalue weighted by molar-refractivity contribution is 1.05. The number of aromatic nitrogens is 3. The molecule has 0 aliphatic carbocycles. The fraction of sp³-hybridized carbons (Fsp3) is 0.0556. The number of terminal acetylenes is 1. The summed E-state index contributed by atoms with van der Waals surface area (Å²) in [5, 5.41) is 9.27. The van der Waals surface area contributed by atoms with Crippen LogP contribution in [0.15, 0.2) is 60.7 Å². The van der Waals surface area contributed by atoms with Gasteiger partial charge in [-0.25, -0.2) is 0 Å². The molecule has 6 nitrogen and oxygen atoms in total. The molecule has 0 fully saturated rings. The topological polar surface area (TPSA) is 74.8 Å². The van der Waals surface area contributed by atoms with Crippen LogP contribution in [0.3, 0.4) is 0 Å². The summed E-state index contributed by atoms with van der Waals surface area (Å²) in [5.41, 5.74) is 1.77. The average molecular weight is 353 g/mol. The molecule has 1 aromatic heterocycles. The summed E-state index contributed by atoms with van der Waals surface area (Å²) in [6.45, 7) is 0.333. The summed E-state index contributed by atoms with van der Waals surface area (Å²) < 4.78 is 0. The van der Waals surface area contributed by atoms with Gasteiger partial charge < -0.3 is 16.0 Å². The number of nitrogens with one attached hydrogen (secondary N) is 3. The van der Waals surface area contributed by atoms with Crippen LogP contribution in [0.25, 0.3) is 0 Å². The third kappa shape index (κ3) is 5.37. The Labute approximate surface area is 152 Å². The number of benzene rings is 2. The Kier molecular flexibility index (Phi) is 6.57. The molecule has 0 unspecified atom stereocenters. The highest BCUT2D eigenvalue weighted by molar-refractivity contribution is 5.85. The molecule has 3 aromatic rings. The molecule has 0 spiro atoms. The third-order valence-corrected chi connectivity index (χ3v) is 3.04. The van der Waals surface area contributed by atoms with Gasteiger partial charge in [0.15, 0.2) is 0 Å². The van der Waals surface area contributed by atoms with Crippen LogP contribution in [0.5, 0.6) is 0 Å². The van der Waals surface area contributed by atoms with Crippen LogP contribution in [-0.4, -0.2) is 21.5 Å². The quantitative estimate of drug-likeness (QED) is 0.585. The Bertz CT molecular complexity index is 773. The van der Waals surface area contributed by atoms with E-state index in [0.29, 0.717) is 24.4 Å². The molecule has 1 heterocycles. The van der Waals surface area contributed by atoms with E-state index in [1.165, 1.54) is 0 Å². The molecule has 2 aromatic carbocycles. The first kappa shape index (κ1) is 18.0. The molecule has 0 atom stereocenters. The van der Waals surface area contributed by atoms with E-state index in [2.05, 4.69) is 36.8 Å². The van der Waals surface area contributed by atoms with Crippen molar-refractivity contribution in [2.45, 2.75) is 0 Å². The van der Waals surface area contributed by atoms with E-state index in [1.807, 2.05) is 60.7 Å². The minimum atomic E-state index is 0. The van der Waals surface area contributed by atoms with Gasteiger partial charge in [0.25, 0.3) is 0 Å². The molecule has 0 aliphatic rings. The number of halogens is 1. The third-order valence-electron chi connectivity index (χ3n) is 3.04. The molecule has 3 rings (SSSR count). The van der Waals surface area contributed by atoms with E-state index < -0.39 is 0 Å². The Balaban J connectivity index is 0.00000225. The minimum Gasteiger partial charge on any atom is -0.343 e. The second-order valence-electron chi connectivity index (χ2n) is 4.85. The normalized spacial score (nSPS) is 9.40. The highest BCUT2D eigenvalue weighted by Gasteiger charge is 2.07. The Morgan fingerprint density at radius 2 is 1.16 bits per heavy atom. The van der Waals surface area contributed by atoms with E-state index in [-0.39, 0.29) is 12.4 Å². The van der Waals surface area contributed by atoms with Crippen LogP contribution in [0.1, 0.15) is 0 Å². The fourth-order valence-corrected chi connectivity index (χ4v) is 2.00. The van der Waals surface area contributed by atoms with E-state index in [0.717, 1.165) is 11.4 Å². The van der Waals surface area contributed by atoms with Crippen molar-refractivity contribution in [2.75, 3.05) is 22.5 Å². The maximum Gasteiger partial charge on any atom is 0.233 e. The van der Waals surface area contributed by atoms with Crippen molar-refractivity contribution in [1.29, 1.82) is 0 Å². The summed E-state index contributed by atoms with van der Waals surface area (Å²) in [6, 6.07) is 19.4. The van der Waals surface area contributed by atoms with Gasteiger partial charge >= 0.3 is 0 Å². The van der Waals surface area contributed by atoms with E-state index in [1.54, 1.807) is 0 Å². The number of para-hydroxylation sites is 2. The van der Waals surface area contributed by atoms with Crippen molar-refractivity contribution < 1.29 is 0 Å². The molecule has 0 radical (unpaired) electrons. The van der Waals surface area contributed by atoms with Gasteiger partial charge in [0.2, 0.25) is 17.8 Å². The van der Waals surface area contributed by atoms with Crippen LogP contribution in [0.4, 0.5) is 29.2 Å². The van der Waals surface area contributed by atoms with E-state index in [9.17, 15) is 0 Å². The standard InChI is InChI=1S/C18H16N6.ClH/c1-2-13-19-16-22-17(20-14-9-5-3-6-10-14)24-18(23-16)21-15-11-7-4-8-12-15;/h1,3-12H,13H2,(H3,19,20,21,22,23,24);1H. The van der Waals surface area contributed by atoms with Gasteiger partial charge in [0.05, 0.1) is 6.54 Å². The largest absolute Gasteiger partial charge is 0.343 e. The molecule has 25 heavy (non-hydrogen) atoms. The molecule has 0 amide bonds. The molecule has 0 saturated heterocycles. The molecular formula is C18H17ClN6. The van der Waals surface area contributed by atoms with Gasteiger partial charge in [-0.05, 0) is 24.3 Å². The van der Waals surface area contributed by atoms with Gasteiger partial charge in [-0.1, -0.05) is 42.3 Å². The lowest BCUT2D eigenvalue weighted by Crippen LogP contribution is -2.09. The van der Waals surface area contributed by atoms with Crippen LogP contribution in [0, 0.1) is 12.3 Å². The fourth-order valence-electron chi connectivity index (χ4n) is 2.00. The number of hydrogen-bond acceptors (Lipinski definition) is 6. The second-order valence-corrected chi connectivity index (χ2v) is 4.85. The minimum absolute atomic E-state index is 0. The van der Waals surface area contributed by atoms with Crippen LogP contribution in [0.2, 0.25) is 0 Å². The maximum absolute atomic E-state index is 5.28. The van der Waals surface area contributed by atoms with Gasteiger partial charge in [0.1, 0.15) is 0 Å². The van der Waals surface area contributed by atoms with Crippen molar-refractivity contribution in [3.8, 4) is 12.3 Å². The summed E-state index contributed by atoms with van der Waals surface area (Å²) in [7, 11) is 0. The Hall–Kier alpha value is -3.30. The van der Waals surface area contributed by atoms with Gasteiger partial charge in [-0.3, -0.25) is 0 Å². The summed E-state index contributed by atoms with van der Waals surface area (Å²) >= 11 is 0. The second kappa shape index (κ2) is 9.11. The van der Waals surface area contributed by atoms with E-state index in [4.69, 9.17) is 6.42 Å². The zero-order valence-corrected chi connectivity index (χ0v) is 14.1. The maximum atomic E-state index is 5.28. The van der Waals surface area contributed by atoms with Crippen molar-refractivity contribution in [2.24, 2.45) is 0 Å². The lowest BCUT2D eigenvalue weighted by Gasteiger charge is -2.10. The monoisotopic (exact) mass is 352 g/mol. The molecule has 0 saturated carbocycles. The number of nitrogens with zero attached hydrogens (tertiary/aromatic N) is 3. The Morgan fingerprint density at radius 1 is 0.720 bits per heavy atom. The first-order chi connectivity index (χ1) is 11.8. The molecular weight excluding hydrogens is 336 g/mol. The zero-order chi connectivity index (χ0) is 16.6. The summed E-state index contributed by atoms with van der Waals surface area (Å²) in [6.07, 6.45) is 5.28. The average Bonchev–Trinajstić information content (AvgIpc) is 2.61. The first-order valence-corrected chi connectivity index (χ1v) is 7.41. The number of hydrogen-bond donors (Lipinski definition) is 3. The van der Waals surface area contributed by atoms with Gasteiger partial charge in [0, 0.05) is 11.4 Å². The Morgan fingerprint density at radius 3 is 1.60 bits per heavy atom. The molecule has 126 valence electrons. The van der Waals surface area contributed by atoms with Crippen LogP contribution >= 0.6 is 12.4 Å². The van der Waals surface area contributed by atoms with Crippen molar-refractivity contribution >= 4 is 41.6 Å². The van der Waals surface area contributed by atoms with Crippen LogP contribution in [-0.2, 0) is 0 Å². The van der Waals surface area contributed by atoms with Gasteiger partial charge in [-0.15, -0.1) is 18.8 Å². The van der Waals surface area contributed by atoms with Gasteiger partial charge in [-0.2, -0.15) is 15.0 Å². The number of anilines is 5. The number of rotatable bonds is 6. The molecule has 7 heteroatoms. The SMILES string of the molecule is C#CCNc1nc(Nc2ccccc2)nc(Nc2ccccc2)n1.Cl. The summed E-state index contributed by atoms with van der Waals surface area (Å²) in [5.74, 6) is 3.76. The predicted octanol–water partition coefficient (Wildman–Crippen LogP) is 3.83. The smallest absolute Gasteiger partial charge is 0.233 e. The molecule has 0 aliphatic heterocycles. The van der Waals surface area contributed by atoms with Crippen molar-refractivity contribution in [1.82, 2.24) is 15.0 Å². The van der Waals surface area contributed by atoms with Crippen molar-refractivity contribution in [3.63, 3.8) is 0 Å². The lowest BCUT2D eigenvalue weighted by atomic mass is 10.3. The first-order valence-electron chi connectivity index (χ1n) is 7.41. The highest BCUT2D eigenvalue weighted by Crippen LogP contribution is 2.18. The highest BCUT2D eigenvalue weighted by atomic mass is 35.5. The molecule has 0 bridgehead atoms. The van der Waals surface area contributed by atoms with Crippen LogP contribution < -0.4 is 16.0 Å².